The number of hydrogen-bond donors (Lipinski definition) is 0. The van der Waals surface area contributed by atoms with Crippen LogP contribution in [0.3, 0.4) is 0 Å². The summed E-state index contributed by atoms with van der Waals surface area (Å²) in [6.07, 6.45) is 0. The summed E-state index contributed by atoms with van der Waals surface area (Å²) >= 11 is 0. The summed E-state index contributed by atoms with van der Waals surface area (Å²) in [4.78, 5) is 0. The van der Waals surface area contributed by atoms with Crippen LogP contribution in [0.1, 0.15) is 0 Å². The number of rotatable bonds is 2. The molecule has 0 aromatic heterocycles. The Hall–Kier alpha value is 0.941. The molecular formula is C10H30O9Si6. The molecule has 0 aromatic carbocycles. The Labute approximate surface area is 156 Å². The van der Waals surface area contributed by atoms with Gasteiger partial charge in [-0.1, -0.05) is 0 Å². The first-order chi connectivity index (χ1) is 11.1. The van der Waals surface area contributed by atoms with E-state index in [9.17, 15) is 0 Å². The van der Waals surface area contributed by atoms with Gasteiger partial charge in [0.2, 0.25) is 0 Å². The van der Waals surface area contributed by atoms with Crippen LogP contribution < -0.4 is 0 Å². The molecule has 0 saturated carbocycles. The van der Waals surface area contributed by atoms with Gasteiger partial charge in [-0.25, -0.2) is 0 Å². The monoisotopic (exact) mass is 462 g/mol. The Morgan fingerprint density at radius 2 is 0.800 bits per heavy atom. The van der Waals surface area contributed by atoms with Gasteiger partial charge < -0.3 is 37.7 Å². The van der Waals surface area contributed by atoms with Gasteiger partial charge in [0.15, 0.2) is 0 Å². The Bertz CT molecular complexity index is 483. The van der Waals surface area contributed by atoms with Crippen molar-refractivity contribution in [2.45, 2.75) is 52.4 Å². The zero-order valence-corrected chi connectivity index (χ0v) is 22.7. The predicted molar refractivity (Wildman–Crippen MR) is 103 cm³/mol. The lowest BCUT2D eigenvalue weighted by molar-refractivity contribution is 0.0542. The van der Waals surface area contributed by atoms with Crippen LogP contribution in [0.4, 0.5) is 0 Å². The molecule has 1 unspecified atom stereocenters. The normalized spacial score (nSPS) is 47.3. The smallest absolute Gasteiger partial charge is 0.416 e. The molecule has 2 bridgehead atoms. The van der Waals surface area contributed by atoms with Crippen molar-refractivity contribution in [3.63, 3.8) is 0 Å². The van der Waals surface area contributed by atoms with Crippen molar-refractivity contribution >= 4 is 52.3 Å². The van der Waals surface area contributed by atoms with E-state index in [2.05, 4.69) is 0 Å². The Kier molecular flexibility index (Phi) is 6.02. The van der Waals surface area contributed by atoms with Gasteiger partial charge in [-0.05, 0) is 26.2 Å². The molecule has 2 heterocycles. The van der Waals surface area contributed by atoms with Gasteiger partial charge >= 0.3 is 52.3 Å². The van der Waals surface area contributed by atoms with Crippen LogP contribution in [0, 0.1) is 0 Å². The SMILES string of the molecule is CO[Si]1(C)O[Si@@](C)(OC)O[Si@]2(C)O[Si](C)(C)O[Si](C)(C)O[Si@](C)(O1)O2. The van der Waals surface area contributed by atoms with Crippen LogP contribution in [-0.4, -0.2) is 66.6 Å². The third-order valence-electron chi connectivity index (χ3n) is 3.58. The molecule has 0 aromatic rings. The van der Waals surface area contributed by atoms with Crippen molar-refractivity contribution in [1.29, 1.82) is 0 Å². The van der Waals surface area contributed by atoms with E-state index in [1.54, 1.807) is 27.3 Å². The number of hydrogen-bond acceptors (Lipinski definition) is 9. The fourth-order valence-corrected chi connectivity index (χ4v) is 32.6. The molecule has 4 atom stereocenters. The second kappa shape index (κ2) is 6.77. The molecule has 0 aliphatic carbocycles. The first-order valence-corrected chi connectivity index (χ1v) is 22.6. The zero-order chi connectivity index (χ0) is 19.4. The van der Waals surface area contributed by atoms with Crippen molar-refractivity contribution in [3.05, 3.63) is 0 Å². The number of fused-ring (bicyclic) bond motifs is 2. The highest BCUT2D eigenvalue weighted by Crippen LogP contribution is 2.37. The molecule has 2 fully saturated rings. The van der Waals surface area contributed by atoms with Gasteiger partial charge in [0.05, 0.1) is 0 Å². The lowest BCUT2D eigenvalue weighted by Crippen LogP contribution is -2.75. The fraction of sp³-hybridized carbons (Fsp3) is 1.00. The van der Waals surface area contributed by atoms with E-state index < -0.39 is 52.3 Å². The molecule has 15 heteroatoms. The van der Waals surface area contributed by atoms with Gasteiger partial charge in [-0.3, -0.25) is 0 Å². The fourth-order valence-electron chi connectivity index (χ4n) is 3.21. The van der Waals surface area contributed by atoms with E-state index in [4.69, 9.17) is 37.7 Å². The minimum absolute atomic E-state index is 1.54. The lowest BCUT2D eigenvalue weighted by atomic mass is 11.8. The van der Waals surface area contributed by atoms with Crippen molar-refractivity contribution in [2.24, 2.45) is 0 Å². The minimum Gasteiger partial charge on any atom is -0.416 e. The molecule has 148 valence electrons. The van der Waals surface area contributed by atoms with Gasteiger partial charge in [0.25, 0.3) is 0 Å². The first kappa shape index (κ1) is 22.2. The summed E-state index contributed by atoms with van der Waals surface area (Å²) in [5, 5.41) is 0. The standard InChI is InChI=1S/C10H30O9Si6/c1-11-22(7)16-23(8,12-2)18-25(10)15-21(5,6)13-20(3,4)14-24(9,17-22)19-25/h1-10H3/t22-,23?,24+,25-/m1/s1. The molecule has 0 amide bonds. The molecule has 2 saturated heterocycles. The van der Waals surface area contributed by atoms with Gasteiger partial charge in [-0.2, -0.15) is 0 Å². The summed E-state index contributed by atoms with van der Waals surface area (Å²) in [5.74, 6) is 0. The van der Waals surface area contributed by atoms with Crippen molar-refractivity contribution in [1.82, 2.24) is 0 Å². The topological polar surface area (TPSA) is 83.1 Å². The van der Waals surface area contributed by atoms with Crippen LogP contribution in [0.5, 0.6) is 0 Å². The summed E-state index contributed by atoms with van der Waals surface area (Å²) < 4.78 is 55.3. The average molecular weight is 463 g/mol. The van der Waals surface area contributed by atoms with Crippen molar-refractivity contribution in [3.8, 4) is 0 Å². The molecule has 0 spiro atoms. The second-order valence-corrected chi connectivity index (χ2v) is 26.4. The Morgan fingerprint density at radius 1 is 0.440 bits per heavy atom. The van der Waals surface area contributed by atoms with Gasteiger partial charge in [-0.15, -0.1) is 0 Å². The second-order valence-electron chi connectivity index (χ2n) is 7.37. The summed E-state index contributed by atoms with van der Waals surface area (Å²) in [7, 11) is -14.6. The highest BCUT2D eigenvalue weighted by Gasteiger charge is 2.65. The van der Waals surface area contributed by atoms with Crippen molar-refractivity contribution in [2.75, 3.05) is 14.2 Å². The molecule has 25 heavy (non-hydrogen) atoms. The zero-order valence-electron chi connectivity index (χ0n) is 16.7. The van der Waals surface area contributed by atoms with E-state index in [1.807, 2.05) is 39.3 Å². The van der Waals surface area contributed by atoms with E-state index in [-0.39, 0.29) is 0 Å². The third-order valence-corrected chi connectivity index (χ3v) is 27.8. The van der Waals surface area contributed by atoms with Crippen LogP contribution in [0.15, 0.2) is 0 Å². The highest BCUT2D eigenvalue weighted by molar-refractivity contribution is 6.95. The highest BCUT2D eigenvalue weighted by atomic mass is 28.6. The van der Waals surface area contributed by atoms with Crippen molar-refractivity contribution < 1.29 is 37.7 Å². The van der Waals surface area contributed by atoms with E-state index in [0.717, 1.165) is 0 Å². The minimum atomic E-state index is -3.20. The van der Waals surface area contributed by atoms with Crippen LogP contribution in [0.25, 0.3) is 0 Å². The summed E-state index contributed by atoms with van der Waals surface area (Å²) in [5.41, 5.74) is 0. The molecule has 2 rings (SSSR count). The molecule has 2 aliphatic rings. The molecule has 2 aliphatic heterocycles. The van der Waals surface area contributed by atoms with Gasteiger partial charge in [0.1, 0.15) is 0 Å². The first-order valence-electron chi connectivity index (χ1n) is 8.08. The average Bonchev–Trinajstić information content (AvgIpc) is 2.30. The Balaban J connectivity index is 2.51. The maximum Gasteiger partial charge on any atom is 0.482 e. The summed E-state index contributed by atoms with van der Waals surface area (Å²) in [6.45, 7) is 15.0. The molecule has 9 nitrogen and oxygen atoms in total. The van der Waals surface area contributed by atoms with E-state index in [1.165, 1.54) is 0 Å². The molecular weight excluding hydrogens is 433 g/mol. The third kappa shape index (κ3) is 5.48. The Morgan fingerprint density at radius 3 is 1.12 bits per heavy atom. The maximum atomic E-state index is 6.38. The molecule has 0 N–H and O–H groups in total. The predicted octanol–water partition coefficient (Wildman–Crippen LogP) is 2.10. The quantitative estimate of drug-likeness (QED) is 0.573. The van der Waals surface area contributed by atoms with Crippen LogP contribution in [0.2, 0.25) is 52.4 Å². The van der Waals surface area contributed by atoms with Crippen LogP contribution in [-0.2, 0) is 37.7 Å². The largest absolute Gasteiger partial charge is 0.482 e. The van der Waals surface area contributed by atoms with Crippen LogP contribution >= 0.6 is 0 Å². The molecule has 0 radical (unpaired) electrons. The van der Waals surface area contributed by atoms with E-state index >= 15 is 0 Å². The van der Waals surface area contributed by atoms with Gasteiger partial charge in [0, 0.05) is 40.4 Å². The maximum absolute atomic E-state index is 6.38. The summed E-state index contributed by atoms with van der Waals surface area (Å²) in [6, 6.07) is 0. The lowest BCUT2D eigenvalue weighted by Gasteiger charge is -2.51. The van der Waals surface area contributed by atoms with E-state index in [0.29, 0.717) is 0 Å².